The Bertz CT molecular complexity index is 1550. The maximum atomic E-state index is 13.1. The third kappa shape index (κ3) is 5.91. The van der Waals surface area contributed by atoms with Gasteiger partial charge in [0.2, 0.25) is 11.8 Å². The van der Waals surface area contributed by atoms with Gasteiger partial charge in [-0.25, -0.2) is 9.97 Å². The number of fused-ring (bicyclic) bond motifs is 2. The minimum atomic E-state index is -0.272. The van der Waals surface area contributed by atoms with Crippen molar-refractivity contribution in [3.8, 4) is 11.3 Å². The molecule has 0 bridgehead atoms. The van der Waals surface area contributed by atoms with Crippen LogP contribution in [0.3, 0.4) is 0 Å². The molecule has 8 nitrogen and oxygen atoms in total. The van der Waals surface area contributed by atoms with Gasteiger partial charge in [-0.3, -0.25) is 9.59 Å². The van der Waals surface area contributed by atoms with Crippen molar-refractivity contribution in [1.82, 2.24) is 30.2 Å². The highest BCUT2D eigenvalue weighted by Gasteiger charge is 2.19. The second-order valence-corrected chi connectivity index (χ2v) is 9.50. The second kappa shape index (κ2) is 11.7. The van der Waals surface area contributed by atoms with Crippen molar-refractivity contribution in [2.75, 3.05) is 7.05 Å². The number of aromatic amines is 1. The maximum absolute atomic E-state index is 13.1. The fraction of sp³-hybridized carbons (Fsp3) is 0.267. The van der Waals surface area contributed by atoms with Crippen LogP contribution in [0.5, 0.6) is 0 Å². The first-order valence-corrected chi connectivity index (χ1v) is 13.0. The van der Waals surface area contributed by atoms with Crippen LogP contribution in [-0.2, 0) is 16.1 Å². The Kier molecular flexibility index (Phi) is 7.78. The summed E-state index contributed by atoms with van der Waals surface area (Å²) in [7, 11) is 1.65. The van der Waals surface area contributed by atoms with Crippen LogP contribution in [0.4, 0.5) is 0 Å². The molecule has 194 valence electrons. The molecule has 0 radical (unpaired) electrons. The van der Waals surface area contributed by atoms with Crippen LogP contribution in [0.2, 0.25) is 0 Å². The molecule has 0 spiro atoms. The summed E-state index contributed by atoms with van der Waals surface area (Å²) in [6.07, 6.45) is 7.31. The zero-order valence-corrected chi connectivity index (χ0v) is 21.5. The normalized spacial score (nSPS) is 12.0. The van der Waals surface area contributed by atoms with Crippen LogP contribution in [0, 0.1) is 0 Å². The molecule has 5 aromatic rings. The number of H-pyrrole nitrogens is 1. The predicted molar refractivity (Wildman–Crippen MR) is 149 cm³/mol. The van der Waals surface area contributed by atoms with Gasteiger partial charge in [-0.2, -0.15) is 0 Å². The van der Waals surface area contributed by atoms with Crippen molar-refractivity contribution in [2.45, 2.75) is 44.7 Å². The molecular formula is C30H32N6O2. The molecule has 0 fully saturated rings. The van der Waals surface area contributed by atoms with E-state index in [2.05, 4.69) is 55.9 Å². The van der Waals surface area contributed by atoms with Gasteiger partial charge >= 0.3 is 0 Å². The summed E-state index contributed by atoms with van der Waals surface area (Å²) in [5, 5.41) is 8.19. The summed E-state index contributed by atoms with van der Waals surface area (Å²) in [6.45, 7) is 0.173. The van der Waals surface area contributed by atoms with Gasteiger partial charge in [-0.15, -0.1) is 0 Å². The number of imidazole rings is 2. The number of rotatable bonds is 11. The predicted octanol–water partition coefficient (Wildman–Crippen LogP) is 5.13. The first kappa shape index (κ1) is 25.2. The first-order valence-electron chi connectivity index (χ1n) is 13.0. The molecule has 3 N–H and O–H groups in total. The Morgan fingerprint density at radius 3 is 2.61 bits per heavy atom. The van der Waals surface area contributed by atoms with Crippen molar-refractivity contribution in [2.24, 2.45) is 0 Å². The van der Waals surface area contributed by atoms with E-state index >= 15 is 0 Å². The molecule has 0 unspecified atom stereocenters. The Labute approximate surface area is 221 Å². The maximum Gasteiger partial charge on any atom is 0.240 e. The largest absolute Gasteiger partial charge is 0.359 e. The lowest BCUT2D eigenvalue weighted by Gasteiger charge is -2.17. The number of amides is 2. The lowest BCUT2D eigenvalue weighted by Crippen LogP contribution is -2.32. The van der Waals surface area contributed by atoms with Crippen LogP contribution in [0.15, 0.2) is 79.3 Å². The summed E-state index contributed by atoms with van der Waals surface area (Å²) in [5.74, 6) is 0.670. The highest BCUT2D eigenvalue weighted by molar-refractivity contribution is 5.86. The lowest BCUT2D eigenvalue weighted by molar-refractivity contribution is -0.122. The van der Waals surface area contributed by atoms with Gasteiger partial charge in [0, 0.05) is 19.0 Å². The molecule has 0 saturated carbocycles. The quantitative estimate of drug-likeness (QED) is 0.215. The van der Waals surface area contributed by atoms with E-state index in [0.29, 0.717) is 6.42 Å². The van der Waals surface area contributed by atoms with E-state index in [0.717, 1.165) is 59.2 Å². The number of hydrogen-bond donors (Lipinski definition) is 3. The third-order valence-corrected chi connectivity index (χ3v) is 6.84. The van der Waals surface area contributed by atoms with Crippen LogP contribution in [0.25, 0.3) is 33.1 Å². The molecule has 0 aliphatic carbocycles. The number of carbonyl (C=O) groups is 2. The number of carbonyl (C=O) groups excluding carboxylic acids is 2. The third-order valence-electron chi connectivity index (χ3n) is 6.84. The van der Waals surface area contributed by atoms with Crippen LogP contribution >= 0.6 is 0 Å². The summed E-state index contributed by atoms with van der Waals surface area (Å²) in [5.41, 5.74) is 3.73. The summed E-state index contributed by atoms with van der Waals surface area (Å²) >= 11 is 0. The smallest absolute Gasteiger partial charge is 0.240 e. The van der Waals surface area contributed by atoms with E-state index in [1.165, 1.54) is 5.39 Å². The second-order valence-electron chi connectivity index (χ2n) is 9.50. The number of para-hydroxylation sites is 2. The Balaban J connectivity index is 1.31. The fourth-order valence-corrected chi connectivity index (χ4v) is 4.76. The number of hydrogen-bond acceptors (Lipinski definition) is 4. The lowest BCUT2D eigenvalue weighted by atomic mass is 10.1. The van der Waals surface area contributed by atoms with Gasteiger partial charge in [0.1, 0.15) is 12.4 Å². The minimum absolute atomic E-state index is 0.0495. The fourth-order valence-electron chi connectivity index (χ4n) is 4.76. The van der Waals surface area contributed by atoms with Crippen LogP contribution < -0.4 is 10.6 Å². The van der Waals surface area contributed by atoms with E-state index in [1.54, 1.807) is 13.4 Å². The van der Waals surface area contributed by atoms with Crippen molar-refractivity contribution >= 4 is 33.6 Å². The van der Waals surface area contributed by atoms with Crippen molar-refractivity contribution in [3.05, 3.63) is 85.1 Å². The van der Waals surface area contributed by atoms with Crippen molar-refractivity contribution in [1.29, 1.82) is 0 Å². The molecule has 38 heavy (non-hydrogen) atoms. The van der Waals surface area contributed by atoms with Gasteiger partial charge < -0.3 is 20.2 Å². The van der Waals surface area contributed by atoms with Crippen LogP contribution in [0.1, 0.15) is 44.0 Å². The number of nitrogens with one attached hydrogen (secondary N) is 3. The summed E-state index contributed by atoms with van der Waals surface area (Å²) in [4.78, 5) is 37.2. The molecule has 3 aromatic carbocycles. The first-order chi connectivity index (χ1) is 18.6. The summed E-state index contributed by atoms with van der Waals surface area (Å²) in [6, 6.07) is 22.1. The Morgan fingerprint density at radius 2 is 1.74 bits per heavy atom. The molecule has 8 heteroatoms. The van der Waals surface area contributed by atoms with Gasteiger partial charge in [-0.05, 0) is 41.8 Å². The molecular weight excluding hydrogens is 476 g/mol. The molecule has 2 heterocycles. The number of nitrogens with zero attached hydrogens (tertiary/aromatic N) is 3. The zero-order valence-electron chi connectivity index (χ0n) is 21.5. The molecule has 0 saturated heterocycles. The topological polar surface area (TPSA) is 105 Å². The van der Waals surface area contributed by atoms with E-state index in [1.807, 2.05) is 47.2 Å². The van der Waals surface area contributed by atoms with E-state index < -0.39 is 0 Å². The van der Waals surface area contributed by atoms with Crippen molar-refractivity contribution < 1.29 is 9.59 Å². The highest BCUT2D eigenvalue weighted by atomic mass is 16.2. The molecule has 0 aliphatic rings. The number of aromatic nitrogens is 4. The van der Waals surface area contributed by atoms with E-state index in [-0.39, 0.29) is 24.4 Å². The average molecular weight is 509 g/mol. The van der Waals surface area contributed by atoms with E-state index in [9.17, 15) is 9.59 Å². The molecule has 5 rings (SSSR count). The van der Waals surface area contributed by atoms with E-state index in [4.69, 9.17) is 0 Å². The van der Waals surface area contributed by atoms with Crippen molar-refractivity contribution in [3.63, 3.8) is 0 Å². The minimum Gasteiger partial charge on any atom is -0.359 e. The zero-order chi connectivity index (χ0) is 26.3. The average Bonchev–Trinajstić information content (AvgIpc) is 3.60. The molecule has 2 amide bonds. The SMILES string of the molecule is CNC(=O)CCCCC[C@H](NC(=O)Cn1cnc2ccccc21)c1ncc(-c2ccc3ccccc3c2)[nH]1. The van der Waals surface area contributed by atoms with Crippen LogP contribution in [-0.4, -0.2) is 38.4 Å². The summed E-state index contributed by atoms with van der Waals surface area (Å²) < 4.78 is 1.85. The monoisotopic (exact) mass is 508 g/mol. The molecule has 2 aromatic heterocycles. The van der Waals surface area contributed by atoms with Gasteiger partial charge in [-0.1, -0.05) is 61.4 Å². The Hall–Kier alpha value is -4.46. The molecule has 1 atom stereocenters. The Morgan fingerprint density at radius 1 is 0.921 bits per heavy atom. The number of unbranched alkanes of at least 4 members (excludes halogenated alkanes) is 2. The standard InChI is InChI=1S/C30H32N6O2/c1-31-28(37)14-4-2-3-12-25(34-29(38)19-36-20-33-24-11-7-8-13-27(24)36)30-32-18-26(35-30)23-16-15-21-9-5-6-10-22(21)17-23/h5-11,13,15-18,20,25H,2-4,12,14,19H2,1H3,(H,31,37)(H,32,35)(H,34,38)/t25-/m0/s1. The number of benzene rings is 3. The molecule has 0 aliphatic heterocycles. The van der Waals surface area contributed by atoms with Gasteiger partial charge in [0.05, 0.1) is 35.3 Å². The highest BCUT2D eigenvalue weighted by Crippen LogP contribution is 2.26. The van der Waals surface area contributed by atoms with Gasteiger partial charge in [0.15, 0.2) is 0 Å². The van der Waals surface area contributed by atoms with Gasteiger partial charge in [0.25, 0.3) is 0 Å².